The third-order valence-electron chi connectivity index (χ3n) is 3.63. The number of carbonyl (C=O) groups is 1. The molecule has 8 heteroatoms. The number of nitrogens with one attached hydrogen (secondary N) is 1. The Morgan fingerprint density at radius 1 is 1.43 bits per heavy atom. The number of benzene rings is 1. The number of carboxylic acids is 1. The topological polar surface area (TPSA) is 119 Å². The fourth-order valence-corrected chi connectivity index (χ4v) is 3.05. The maximum atomic E-state index is 11.3. The predicted molar refractivity (Wildman–Crippen MR) is 76.8 cm³/mol. The number of hydrogen-bond acceptors (Lipinski definition) is 5. The van der Waals surface area contributed by atoms with Gasteiger partial charge in [-0.05, 0) is 37.5 Å². The van der Waals surface area contributed by atoms with Crippen LogP contribution in [0.1, 0.15) is 29.6 Å². The summed E-state index contributed by atoms with van der Waals surface area (Å²) in [5.74, 6) is -1.20. The van der Waals surface area contributed by atoms with E-state index in [9.17, 15) is 18.3 Å². The predicted octanol–water partition coefficient (Wildman–Crippen LogP) is 1.01. The second-order valence-electron chi connectivity index (χ2n) is 5.07. The highest BCUT2D eigenvalue weighted by molar-refractivity contribution is 7.89. The number of ether oxygens (including phenoxy) is 1. The van der Waals surface area contributed by atoms with Gasteiger partial charge in [0, 0.05) is 18.8 Å². The summed E-state index contributed by atoms with van der Waals surface area (Å²) in [6, 6.07) is 3.91. The lowest BCUT2D eigenvalue weighted by Gasteiger charge is -2.16. The van der Waals surface area contributed by atoms with Gasteiger partial charge in [-0.3, -0.25) is 0 Å². The van der Waals surface area contributed by atoms with Gasteiger partial charge in [0.15, 0.2) is 0 Å². The van der Waals surface area contributed by atoms with Crippen LogP contribution in [0.5, 0.6) is 0 Å². The van der Waals surface area contributed by atoms with E-state index in [4.69, 9.17) is 9.88 Å². The van der Waals surface area contributed by atoms with Crippen molar-refractivity contribution >= 4 is 21.7 Å². The molecule has 0 bridgehead atoms. The molecule has 7 nitrogen and oxygen atoms in total. The van der Waals surface area contributed by atoms with E-state index in [0.29, 0.717) is 5.69 Å². The van der Waals surface area contributed by atoms with Crippen molar-refractivity contribution in [2.75, 3.05) is 12.4 Å². The average molecular weight is 314 g/mol. The van der Waals surface area contributed by atoms with E-state index < -0.39 is 16.0 Å². The highest BCUT2D eigenvalue weighted by atomic mass is 32.2. The van der Waals surface area contributed by atoms with Crippen LogP contribution in [-0.2, 0) is 14.8 Å². The summed E-state index contributed by atoms with van der Waals surface area (Å²) in [5.41, 5.74) is 0.277. The minimum Gasteiger partial charge on any atom is -0.478 e. The minimum atomic E-state index is -3.93. The Bertz CT molecular complexity index is 644. The second kappa shape index (κ2) is 6.00. The molecule has 1 aromatic carbocycles. The first kappa shape index (κ1) is 15.7. The maximum absolute atomic E-state index is 11.3. The number of hydrogen-bond donors (Lipinski definition) is 3. The van der Waals surface area contributed by atoms with E-state index in [1.165, 1.54) is 12.1 Å². The SMILES string of the molecule is COC1CCC(Nc2ccc(S(N)(=O)=O)cc2C(=O)O)C1. The van der Waals surface area contributed by atoms with Gasteiger partial charge in [-0.25, -0.2) is 18.4 Å². The molecule has 1 aliphatic rings. The Morgan fingerprint density at radius 3 is 2.67 bits per heavy atom. The molecule has 0 aromatic heterocycles. The summed E-state index contributed by atoms with van der Waals surface area (Å²) in [6.07, 6.45) is 2.73. The van der Waals surface area contributed by atoms with Gasteiger partial charge in [-0.2, -0.15) is 0 Å². The van der Waals surface area contributed by atoms with Gasteiger partial charge in [0.05, 0.1) is 16.6 Å². The lowest BCUT2D eigenvalue weighted by atomic mass is 10.1. The molecule has 0 amide bonds. The average Bonchev–Trinajstić information content (AvgIpc) is 2.85. The summed E-state index contributed by atoms with van der Waals surface area (Å²) >= 11 is 0. The highest BCUT2D eigenvalue weighted by Crippen LogP contribution is 2.27. The first-order chi connectivity index (χ1) is 9.81. The molecule has 1 saturated carbocycles. The number of anilines is 1. The van der Waals surface area contributed by atoms with Crippen molar-refractivity contribution in [2.24, 2.45) is 5.14 Å². The van der Waals surface area contributed by atoms with Crippen molar-refractivity contribution < 1.29 is 23.1 Å². The zero-order valence-electron chi connectivity index (χ0n) is 11.6. The molecule has 1 aromatic rings. The second-order valence-corrected chi connectivity index (χ2v) is 6.63. The van der Waals surface area contributed by atoms with E-state index in [0.717, 1.165) is 25.3 Å². The Morgan fingerprint density at radius 2 is 2.14 bits per heavy atom. The lowest BCUT2D eigenvalue weighted by molar-refractivity contribution is 0.0697. The van der Waals surface area contributed by atoms with Crippen LogP contribution in [0.15, 0.2) is 23.1 Å². The normalized spacial score (nSPS) is 22.2. The molecule has 2 unspecified atom stereocenters. The Kier molecular flexibility index (Phi) is 4.50. The van der Waals surface area contributed by atoms with Crippen LogP contribution >= 0.6 is 0 Å². The van der Waals surface area contributed by atoms with Gasteiger partial charge in [0.25, 0.3) is 0 Å². The van der Waals surface area contributed by atoms with Crippen LogP contribution in [0.2, 0.25) is 0 Å². The summed E-state index contributed by atoms with van der Waals surface area (Å²) in [7, 11) is -2.28. The van der Waals surface area contributed by atoms with Gasteiger partial charge >= 0.3 is 5.97 Å². The van der Waals surface area contributed by atoms with Crippen LogP contribution in [-0.4, -0.2) is 38.7 Å². The van der Waals surface area contributed by atoms with Crippen LogP contribution < -0.4 is 10.5 Å². The van der Waals surface area contributed by atoms with Crippen LogP contribution in [0, 0.1) is 0 Å². The lowest BCUT2D eigenvalue weighted by Crippen LogP contribution is -2.20. The third kappa shape index (κ3) is 3.72. The van der Waals surface area contributed by atoms with E-state index in [-0.39, 0.29) is 22.6 Å². The number of methoxy groups -OCH3 is 1. The summed E-state index contributed by atoms with van der Waals surface area (Å²) in [4.78, 5) is 11.1. The number of carboxylic acid groups (broad SMARTS) is 1. The number of primary sulfonamides is 1. The van der Waals surface area contributed by atoms with Crippen molar-refractivity contribution in [3.63, 3.8) is 0 Å². The number of sulfonamides is 1. The summed E-state index contributed by atoms with van der Waals surface area (Å²) in [6.45, 7) is 0. The molecular weight excluding hydrogens is 296 g/mol. The molecule has 0 radical (unpaired) electrons. The Balaban J connectivity index is 2.25. The van der Waals surface area contributed by atoms with Gasteiger partial charge in [0.1, 0.15) is 0 Å². The van der Waals surface area contributed by atoms with E-state index in [1.807, 2.05) is 0 Å². The van der Waals surface area contributed by atoms with E-state index in [2.05, 4.69) is 5.32 Å². The molecule has 116 valence electrons. The highest BCUT2D eigenvalue weighted by Gasteiger charge is 2.26. The first-order valence-corrected chi connectivity index (χ1v) is 8.05. The van der Waals surface area contributed by atoms with Gasteiger partial charge in [-0.1, -0.05) is 0 Å². The van der Waals surface area contributed by atoms with Gasteiger partial charge < -0.3 is 15.2 Å². The molecule has 0 spiro atoms. The van der Waals surface area contributed by atoms with E-state index >= 15 is 0 Å². The standard InChI is InChI=1S/C13H18N2O5S/c1-20-9-3-2-8(6-9)15-12-5-4-10(21(14,18)19)7-11(12)13(16)17/h4-5,7-9,15H,2-3,6H2,1H3,(H,16,17)(H2,14,18,19). The third-order valence-corrected chi connectivity index (χ3v) is 4.54. The first-order valence-electron chi connectivity index (χ1n) is 6.50. The monoisotopic (exact) mass is 314 g/mol. The molecular formula is C13H18N2O5S. The maximum Gasteiger partial charge on any atom is 0.337 e. The number of rotatable bonds is 5. The molecule has 21 heavy (non-hydrogen) atoms. The fourth-order valence-electron chi connectivity index (χ4n) is 2.51. The van der Waals surface area contributed by atoms with Crippen molar-refractivity contribution in [3.05, 3.63) is 23.8 Å². The summed E-state index contributed by atoms with van der Waals surface area (Å²) < 4.78 is 27.9. The van der Waals surface area contributed by atoms with Crippen molar-refractivity contribution in [1.29, 1.82) is 0 Å². The largest absolute Gasteiger partial charge is 0.478 e. The molecule has 2 atom stereocenters. The number of nitrogens with two attached hydrogens (primary N) is 1. The molecule has 0 saturated heterocycles. The molecule has 0 heterocycles. The molecule has 1 fully saturated rings. The Hall–Kier alpha value is -1.64. The number of aromatic carboxylic acids is 1. The quantitative estimate of drug-likeness (QED) is 0.746. The molecule has 0 aliphatic heterocycles. The minimum absolute atomic E-state index is 0.105. The summed E-state index contributed by atoms with van der Waals surface area (Å²) in [5, 5.41) is 17.4. The van der Waals surface area contributed by atoms with Crippen molar-refractivity contribution in [2.45, 2.75) is 36.3 Å². The zero-order chi connectivity index (χ0) is 15.6. The van der Waals surface area contributed by atoms with Crippen LogP contribution in [0.4, 0.5) is 5.69 Å². The molecule has 1 aliphatic carbocycles. The molecule has 2 rings (SSSR count). The molecule has 4 N–H and O–H groups in total. The van der Waals surface area contributed by atoms with Crippen molar-refractivity contribution in [3.8, 4) is 0 Å². The smallest absolute Gasteiger partial charge is 0.337 e. The van der Waals surface area contributed by atoms with Crippen LogP contribution in [0.3, 0.4) is 0 Å². The Labute approximate surface area is 123 Å². The van der Waals surface area contributed by atoms with Gasteiger partial charge in [-0.15, -0.1) is 0 Å². The van der Waals surface area contributed by atoms with Crippen molar-refractivity contribution in [1.82, 2.24) is 0 Å². The van der Waals surface area contributed by atoms with Gasteiger partial charge in [0.2, 0.25) is 10.0 Å². The zero-order valence-corrected chi connectivity index (χ0v) is 12.4. The fraction of sp³-hybridized carbons (Fsp3) is 0.462. The van der Waals surface area contributed by atoms with E-state index in [1.54, 1.807) is 7.11 Å². The van der Waals surface area contributed by atoms with Crippen LogP contribution in [0.25, 0.3) is 0 Å².